The molecule has 1 fully saturated rings. The highest BCUT2D eigenvalue weighted by molar-refractivity contribution is 5.73. The van der Waals surface area contributed by atoms with Crippen LogP contribution < -0.4 is 5.32 Å². The molecule has 0 aromatic carbocycles. The average Bonchev–Trinajstić information content (AvgIpc) is 2.13. The van der Waals surface area contributed by atoms with Gasteiger partial charge >= 0.3 is 5.97 Å². The zero-order chi connectivity index (χ0) is 13.1. The summed E-state index contributed by atoms with van der Waals surface area (Å²) in [5.41, 5.74) is 0.338. The minimum atomic E-state index is -0.706. The minimum Gasteiger partial charge on any atom is -0.480 e. The van der Waals surface area contributed by atoms with Gasteiger partial charge in [-0.2, -0.15) is 0 Å². The molecule has 1 rings (SSSR count). The van der Waals surface area contributed by atoms with Crippen molar-refractivity contribution in [3.8, 4) is 0 Å². The number of hydrogen-bond donors (Lipinski definition) is 2. The maximum absolute atomic E-state index is 11.1. The van der Waals surface area contributed by atoms with E-state index >= 15 is 0 Å². The summed E-state index contributed by atoms with van der Waals surface area (Å²) >= 11 is 0. The second-order valence-electron chi connectivity index (χ2n) is 6.46. The third-order valence-electron chi connectivity index (χ3n) is 3.70. The topological polar surface area (TPSA) is 49.3 Å². The molecule has 0 bridgehead atoms. The molecule has 3 heteroatoms. The summed E-state index contributed by atoms with van der Waals surface area (Å²) in [5.74, 6) is -0.0183. The van der Waals surface area contributed by atoms with Crippen LogP contribution in [0.4, 0.5) is 0 Å². The molecule has 1 aliphatic carbocycles. The van der Waals surface area contributed by atoms with E-state index < -0.39 is 5.97 Å². The molecule has 2 N–H and O–H groups in total. The highest BCUT2D eigenvalue weighted by Crippen LogP contribution is 2.38. The van der Waals surface area contributed by atoms with Gasteiger partial charge in [0.15, 0.2) is 0 Å². The summed E-state index contributed by atoms with van der Waals surface area (Å²) in [6, 6.07) is -0.00694. The first-order valence-electron chi connectivity index (χ1n) is 6.83. The third kappa shape index (κ3) is 4.66. The van der Waals surface area contributed by atoms with E-state index in [2.05, 4.69) is 26.1 Å². The monoisotopic (exact) mass is 241 g/mol. The van der Waals surface area contributed by atoms with Crippen molar-refractivity contribution >= 4 is 5.97 Å². The molecule has 3 nitrogen and oxygen atoms in total. The van der Waals surface area contributed by atoms with Crippen LogP contribution in [-0.4, -0.2) is 23.2 Å². The molecule has 0 aromatic heterocycles. The van der Waals surface area contributed by atoms with Crippen molar-refractivity contribution in [3.63, 3.8) is 0 Å². The number of carboxylic acids is 1. The highest BCUT2D eigenvalue weighted by atomic mass is 16.4. The first kappa shape index (κ1) is 14.5. The van der Waals surface area contributed by atoms with Crippen molar-refractivity contribution in [2.45, 2.75) is 71.9 Å². The van der Waals surface area contributed by atoms with Gasteiger partial charge in [0.1, 0.15) is 6.04 Å². The summed E-state index contributed by atoms with van der Waals surface area (Å²) in [6.45, 7) is 8.87. The lowest BCUT2D eigenvalue weighted by atomic mass is 9.70. The van der Waals surface area contributed by atoms with Gasteiger partial charge in [0, 0.05) is 6.04 Å². The van der Waals surface area contributed by atoms with Crippen molar-refractivity contribution in [2.75, 3.05) is 0 Å². The van der Waals surface area contributed by atoms with Gasteiger partial charge in [-0.1, -0.05) is 34.1 Å². The molecule has 0 aliphatic heterocycles. The van der Waals surface area contributed by atoms with Gasteiger partial charge in [0.2, 0.25) is 0 Å². The lowest BCUT2D eigenvalue weighted by Crippen LogP contribution is -2.47. The Morgan fingerprint density at radius 3 is 2.59 bits per heavy atom. The van der Waals surface area contributed by atoms with Crippen LogP contribution in [0.15, 0.2) is 0 Å². The Hall–Kier alpha value is -0.570. The smallest absolute Gasteiger partial charge is 0.320 e. The lowest BCUT2D eigenvalue weighted by Gasteiger charge is -2.40. The van der Waals surface area contributed by atoms with Crippen LogP contribution in [0.3, 0.4) is 0 Å². The number of rotatable bonds is 5. The van der Waals surface area contributed by atoms with Crippen molar-refractivity contribution in [2.24, 2.45) is 11.3 Å². The number of carbonyl (C=O) groups is 1. The van der Waals surface area contributed by atoms with Crippen molar-refractivity contribution in [1.29, 1.82) is 0 Å². The molecule has 1 saturated carbocycles. The number of carboxylic acid groups (broad SMARTS) is 1. The van der Waals surface area contributed by atoms with E-state index in [1.54, 1.807) is 0 Å². The van der Waals surface area contributed by atoms with Gasteiger partial charge in [0.05, 0.1) is 0 Å². The number of aliphatic carboxylic acids is 1. The van der Waals surface area contributed by atoms with Gasteiger partial charge in [-0.25, -0.2) is 0 Å². The molecule has 100 valence electrons. The van der Waals surface area contributed by atoms with Crippen molar-refractivity contribution in [1.82, 2.24) is 5.32 Å². The quantitative estimate of drug-likeness (QED) is 0.778. The maximum atomic E-state index is 11.1. The average molecular weight is 241 g/mol. The number of hydrogen-bond acceptors (Lipinski definition) is 2. The standard InChI is InChI=1S/C14H27NO2/c1-5-6-12(13(16)17)15-11-7-10(2)8-14(3,4)9-11/h10-12,15H,5-9H2,1-4H3,(H,16,17). The molecule has 0 amide bonds. The SMILES string of the molecule is CCCC(NC1CC(C)CC(C)(C)C1)C(=O)O. The van der Waals surface area contributed by atoms with Gasteiger partial charge in [-0.15, -0.1) is 0 Å². The summed E-state index contributed by atoms with van der Waals surface area (Å²) in [5, 5.41) is 12.5. The second-order valence-corrected chi connectivity index (χ2v) is 6.46. The highest BCUT2D eigenvalue weighted by Gasteiger charge is 2.33. The first-order valence-corrected chi connectivity index (χ1v) is 6.83. The molecule has 0 spiro atoms. The Labute approximate surface area is 105 Å². The van der Waals surface area contributed by atoms with Crippen LogP contribution in [0.5, 0.6) is 0 Å². The molecular weight excluding hydrogens is 214 g/mol. The Kier molecular flexibility index (Phi) is 4.99. The minimum absolute atomic E-state index is 0.338. The third-order valence-corrected chi connectivity index (χ3v) is 3.70. The van der Waals surface area contributed by atoms with Gasteiger partial charge in [0.25, 0.3) is 0 Å². The van der Waals surface area contributed by atoms with Gasteiger partial charge < -0.3 is 10.4 Å². The van der Waals surface area contributed by atoms with E-state index in [0.717, 1.165) is 25.7 Å². The Balaban J connectivity index is 2.57. The molecular formula is C14H27NO2. The van der Waals surface area contributed by atoms with E-state index in [4.69, 9.17) is 5.11 Å². The van der Waals surface area contributed by atoms with Crippen LogP contribution in [0.1, 0.15) is 59.8 Å². The van der Waals surface area contributed by atoms with Crippen LogP contribution in [0.2, 0.25) is 0 Å². The molecule has 0 aromatic rings. The van der Waals surface area contributed by atoms with Crippen LogP contribution in [-0.2, 0) is 4.79 Å². The predicted octanol–water partition coefficient (Wildman–Crippen LogP) is 3.04. The molecule has 0 radical (unpaired) electrons. The summed E-state index contributed by atoms with van der Waals surface area (Å²) in [7, 11) is 0. The van der Waals surface area contributed by atoms with Crippen LogP contribution in [0.25, 0.3) is 0 Å². The normalized spacial score (nSPS) is 29.9. The summed E-state index contributed by atoms with van der Waals surface area (Å²) in [4.78, 5) is 11.1. The van der Waals surface area contributed by atoms with E-state index in [-0.39, 0.29) is 6.04 Å². The predicted molar refractivity (Wildman–Crippen MR) is 70.1 cm³/mol. The largest absolute Gasteiger partial charge is 0.480 e. The fraction of sp³-hybridized carbons (Fsp3) is 0.929. The van der Waals surface area contributed by atoms with Gasteiger partial charge in [-0.05, 0) is 37.0 Å². The van der Waals surface area contributed by atoms with Crippen LogP contribution >= 0.6 is 0 Å². The fourth-order valence-corrected chi connectivity index (χ4v) is 3.32. The Morgan fingerprint density at radius 2 is 2.12 bits per heavy atom. The molecule has 3 atom stereocenters. The zero-order valence-corrected chi connectivity index (χ0v) is 11.6. The van der Waals surface area contributed by atoms with E-state index in [9.17, 15) is 4.79 Å². The maximum Gasteiger partial charge on any atom is 0.320 e. The molecule has 3 unspecified atom stereocenters. The zero-order valence-electron chi connectivity index (χ0n) is 11.6. The van der Waals surface area contributed by atoms with Crippen LogP contribution in [0, 0.1) is 11.3 Å². The second kappa shape index (κ2) is 5.85. The summed E-state index contributed by atoms with van der Waals surface area (Å²) < 4.78 is 0. The van der Waals surface area contributed by atoms with E-state index in [0.29, 0.717) is 17.4 Å². The van der Waals surface area contributed by atoms with Gasteiger partial charge in [-0.3, -0.25) is 4.79 Å². The van der Waals surface area contributed by atoms with Crippen molar-refractivity contribution in [3.05, 3.63) is 0 Å². The summed E-state index contributed by atoms with van der Waals surface area (Å²) in [6.07, 6.45) is 5.08. The number of nitrogens with one attached hydrogen (secondary N) is 1. The molecule has 17 heavy (non-hydrogen) atoms. The molecule has 0 heterocycles. The van der Waals surface area contributed by atoms with E-state index in [1.165, 1.54) is 6.42 Å². The fourth-order valence-electron chi connectivity index (χ4n) is 3.32. The Morgan fingerprint density at radius 1 is 1.47 bits per heavy atom. The molecule has 0 saturated heterocycles. The first-order chi connectivity index (χ1) is 7.84. The van der Waals surface area contributed by atoms with E-state index in [1.807, 2.05) is 6.92 Å². The van der Waals surface area contributed by atoms with Crippen molar-refractivity contribution < 1.29 is 9.90 Å². The molecule has 1 aliphatic rings. The Bertz CT molecular complexity index is 263. The lowest BCUT2D eigenvalue weighted by molar-refractivity contribution is -0.140.